The van der Waals surface area contributed by atoms with Crippen molar-refractivity contribution in [1.82, 2.24) is 10.2 Å². The highest BCUT2D eigenvalue weighted by Gasteiger charge is 2.41. The standard InChI is InChI=1S/C12H12N2O2/c1-7-2-3-9-10(4-7)12(16)14(11(9)15)8-5-13-6-8/h2-4,8,13H,5-6H2,1H3. The first-order valence-corrected chi connectivity index (χ1v) is 5.38. The minimum absolute atomic E-state index is 0.0349. The van der Waals surface area contributed by atoms with Gasteiger partial charge >= 0.3 is 0 Å². The molecule has 0 spiro atoms. The van der Waals surface area contributed by atoms with Crippen LogP contribution in [0.5, 0.6) is 0 Å². The highest BCUT2D eigenvalue weighted by molar-refractivity contribution is 6.21. The van der Waals surface area contributed by atoms with Crippen LogP contribution in [0.2, 0.25) is 0 Å². The van der Waals surface area contributed by atoms with Crippen LogP contribution in [0.4, 0.5) is 0 Å². The Kier molecular flexibility index (Phi) is 1.88. The Bertz CT molecular complexity index is 492. The van der Waals surface area contributed by atoms with Gasteiger partial charge in [-0.25, -0.2) is 0 Å². The number of fused-ring (bicyclic) bond motifs is 1. The number of nitrogens with zero attached hydrogens (tertiary/aromatic N) is 1. The summed E-state index contributed by atoms with van der Waals surface area (Å²) in [5.74, 6) is -0.290. The molecule has 0 atom stereocenters. The first-order valence-electron chi connectivity index (χ1n) is 5.38. The lowest BCUT2D eigenvalue weighted by atomic mass is 10.1. The monoisotopic (exact) mass is 216 g/mol. The molecule has 4 heteroatoms. The van der Waals surface area contributed by atoms with E-state index in [0.29, 0.717) is 24.2 Å². The number of hydrogen-bond donors (Lipinski definition) is 1. The fourth-order valence-corrected chi connectivity index (χ4v) is 2.16. The van der Waals surface area contributed by atoms with E-state index in [9.17, 15) is 9.59 Å². The van der Waals surface area contributed by atoms with Gasteiger partial charge in [0.25, 0.3) is 11.8 Å². The van der Waals surface area contributed by atoms with Gasteiger partial charge in [0.05, 0.1) is 17.2 Å². The summed E-state index contributed by atoms with van der Waals surface area (Å²) in [6, 6.07) is 5.44. The molecule has 16 heavy (non-hydrogen) atoms. The molecule has 1 aromatic rings. The van der Waals surface area contributed by atoms with Crippen molar-refractivity contribution in [2.45, 2.75) is 13.0 Å². The first-order chi connectivity index (χ1) is 7.68. The van der Waals surface area contributed by atoms with Gasteiger partial charge in [-0.05, 0) is 19.1 Å². The second-order valence-electron chi connectivity index (χ2n) is 4.34. The summed E-state index contributed by atoms with van der Waals surface area (Å²) in [6.45, 7) is 3.35. The third kappa shape index (κ3) is 1.13. The molecular formula is C12H12N2O2. The van der Waals surface area contributed by atoms with E-state index in [1.165, 1.54) is 4.90 Å². The van der Waals surface area contributed by atoms with E-state index < -0.39 is 0 Å². The second-order valence-corrected chi connectivity index (χ2v) is 4.34. The molecule has 2 aliphatic heterocycles. The number of rotatable bonds is 1. The molecule has 2 heterocycles. The zero-order valence-electron chi connectivity index (χ0n) is 8.99. The van der Waals surface area contributed by atoms with Crippen LogP contribution >= 0.6 is 0 Å². The Morgan fingerprint density at radius 3 is 2.50 bits per heavy atom. The van der Waals surface area contributed by atoms with E-state index >= 15 is 0 Å². The van der Waals surface area contributed by atoms with Crippen molar-refractivity contribution in [2.75, 3.05) is 13.1 Å². The van der Waals surface area contributed by atoms with Crippen LogP contribution < -0.4 is 5.32 Å². The molecule has 2 aliphatic rings. The quantitative estimate of drug-likeness (QED) is 0.698. The predicted molar refractivity (Wildman–Crippen MR) is 58.3 cm³/mol. The zero-order chi connectivity index (χ0) is 11.3. The van der Waals surface area contributed by atoms with Crippen molar-refractivity contribution in [2.24, 2.45) is 0 Å². The van der Waals surface area contributed by atoms with E-state index in [0.717, 1.165) is 5.56 Å². The van der Waals surface area contributed by atoms with Crippen molar-refractivity contribution >= 4 is 11.8 Å². The molecule has 0 bridgehead atoms. The van der Waals surface area contributed by atoms with Crippen LogP contribution in [-0.2, 0) is 0 Å². The molecule has 0 radical (unpaired) electrons. The van der Waals surface area contributed by atoms with Gasteiger partial charge in [-0.1, -0.05) is 11.6 Å². The fourth-order valence-electron chi connectivity index (χ4n) is 2.16. The predicted octanol–water partition coefficient (Wildman–Crippen LogP) is 0.563. The van der Waals surface area contributed by atoms with Crippen molar-refractivity contribution in [1.29, 1.82) is 0 Å². The van der Waals surface area contributed by atoms with Gasteiger partial charge in [0.15, 0.2) is 0 Å². The average molecular weight is 216 g/mol. The summed E-state index contributed by atoms with van der Waals surface area (Å²) in [4.78, 5) is 25.5. The largest absolute Gasteiger partial charge is 0.313 e. The minimum atomic E-state index is -0.147. The lowest BCUT2D eigenvalue weighted by Gasteiger charge is -2.33. The second kappa shape index (κ2) is 3.15. The number of carbonyl (C=O) groups is 2. The number of amides is 2. The molecule has 1 fully saturated rings. The lowest BCUT2D eigenvalue weighted by Crippen LogP contribution is -2.58. The number of carbonyl (C=O) groups excluding carboxylic acids is 2. The van der Waals surface area contributed by atoms with E-state index in [1.807, 2.05) is 13.0 Å². The van der Waals surface area contributed by atoms with Gasteiger partial charge in [0, 0.05) is 13.1 Å². The maximum Gasteiger partial charge on any atom is 0.261 e. The lowest BCUT2D eigenvalue weighted by molar-refractivity contribution is 0.0534. The Morgan fingerprint density at radius 2 is 1.88 bits per heavy atom. The number of imide groups is 1. The van der Waals surface area contributed by atoms with Crippen molar-refractivity contribution in [3.8, 4) is 0 Å². The Hall–Kier alpha value is -1.68. The molecule has 4 nitrogen and oxygen atoms in total. The minimum Gasteiger partial charge on any atom is -0.313 e. The van der Waals surface area contributed by atoms with Crippen LogP contribution in [0.1, 0.15) is 26.3 Å². The van der Waals surface area contributed by atoms with Crippen LogP contribution in [0.3, 0.4) is 0 Å². The third-order valence-electron chi connectivity index (χ3n) is 3.20. The molecule has 0 saturated carbocycles. The smallest absolute Gasteiger partial charge is 0.261 e. The zero-order valence-corrected chi connectivity index (χ0v) is 8.99. The van der Waals surface area contributed by atoms with Crippen molar-refractivity contribution < 1.29 is 9.59 Å². The van der Waals surface area contributed by atoms with E-state index in [1.54, 1.807) is 12.1 Å². The van der Waals surface area contributed by atoms with Crippen molar-refractivity contribution in [3.05, 3.63) is 34.9 Å². The summed E-state index contributed by atoms with van der Waals surface area (Å²) in [6.07, 6.45) is 0. The topological polar surface area (TPSA) is 49.4 Å². The van der Waals surface area contributed by atoms with Gasteiger partial charge in [-0.15, -0.1) is 0 Å². The molecule has 82 valence electrons. The highest BCUT2D eigenvalue weighted by atomic mass is 16.2. The molecule has 1 aromatic carbocycles. The fraction of sp³-hybridized carbons (Fsp3) is 0.333. The van der Waals surface area contributed by atoms with Crippen molar-refractivity contribution in [3.63, 3.8) is 0 Å². The number of nitrogens with one attached hydrogen (secondary N) is 1. The Balaban J connectivity index is 2.05. The van der Waals surface area contributed by atoms with Crippen LogP contribution in [0.25, 0.3) is 0 Å². The number of benzene rings is 1. The summed E-state index contributed by atoms with van der Waals surface area (Å²) < 4.78 is 0. The number of aryl methyl sites for hydroxylation is 1. The maximum absolute atomic E-state index is 12.1. The summed E-state index contributed by atoms with van der Waals surface area (Å²) >= 11 is 0. The molecule has 0 unspecified atom stereocenters. The molecule has 0 aromatic heterocycles. The van der Waals surface area contributed by atoms with Gasteiger partial charge in [-0.3, -0.25) is 14.5 Å². The molecule has 1 saturated heterocycles. The normalized spacial score (nSPS) is 19.9. The van der Waals surface area contributed by atoms with Crippen LogP contribution in [0.15, 0.2) is 18.2 Å². The van der Waals surface area contributed by atoms with Crippen LogP contribution in [-0.4, -0.2) is 35.8 Å². The van der Waals surface area contributed by atoms with E-state index in [-0.39, 0.29) is 17.9 Å². The molecule has 2 amide bonds. The molecule has 1 N–H and O–H groups in total. The summed E-state index contributed by atoms with van der Waals surface area (Å²) in [5.41, 5.74) is 2.10. The summed E-state index contributed by atoms with van der Waals surface area (Å²) in [7, 11) is 0. The third-order valence-corrected chi connectivity index (χ3v) is 3.20. The maximum atomic E-state index is 12.1. The highest BCUT2D eigenvalue weighted by Crippen LogP contribution is 2.26. The Morgan fingerprint density at radius 1 is 1.19 bits per heavy atom. The van der Waals surface area contributed by atoms with Gasteiger partial charge in [-0.2, -0.15) is 0 Å². The molecule has 0 aliphatic carbocycles. The Labute approximate surface area is 93.2 Å². The van der Waals surface area contributed by atoms with E-state index in [4.69, 9.17) is 0 Å². The average Bonchev–Trinajstić information content (AvgIpc) is 2.41. The van der Waals surface area contributed by atoms with Crippen LogP contribution in [0, 0.1) is 6.92 Å². The van der Waals surface area contributed by atoms with Gasteiger partial charge in [0.1, 0.15) is 0 Å². The first kappa shape index (κ1) is 9.54. The number of hydrogen-bond acceptors (Lipinski definition) is 3. The SMILES string of the molecule is Cc1ccc2c(c1)C(=O)N(C1CNC1)C2=O. The summed E-state index contributed by atoms with van der Waals surface area (Å²) in [5, 5.41) is 3.07. The van der Waals surface area contributed by atoms with Gasteiger partial charge < -0.3 is 5.32 Å². The van der Waals surface area contributed by atoms with E-state index in [2.05, 4.69) is 5.32 Å². The molecular weight excluding hydrogens is 204 g/mol. The molecule has 3 rings (SSSR count). The van der Waals surface area contributed by atoms with Gasteiger partial charge in [0.2, 0.25) is 0 Å².